The lowest BCUT2D eigenvalue weighted by Gasteiger charge is -2.20. The van der Waals surface area contributed by atoms with Crippen LogP contribution in [0.3, 0.4) is 0 Å². The number of ketones is 1. The van der Waals surface area contributed by atoms with Gasteiger partial charge in [-0.15, -0.1) is 11.3 Å². The maximum atomic E-state index is 12.1. The summed E-state index contributed by atoms with van der Waals surface area (Å²) in [5.41, 5.74) is 0.985. The summed E-state index contributed by atoms with van der Waals surface area (Å²) in [7, 11) is 0. The number of nitrogens with one attached hydrogen (secondary N) is 1. The summed E-state index contributed by atoms with van der Waals surface area (Å²) in [6.07, 6.45) is 3.28. The third-order valence-corrected chi connectivity index (χ3v) is 3.95. The molecule has 1 aromatic heterocycles. The van der Waals surface area contributed by atoms with Crippen molar-refractivity contribution in [1.82, 2.24) is 10.3 Å². The van der Waals surface area contributed by atoms with E-state index in [1.165, 1.54) is 17.8 Å². The lowest BCUT2D eigenvalue weighted by molar-refractivity contribution is 0.0926. The van der Waals surface area contributed by atoms with Crippen molar-refractivity contribution in [1.29, 1.82) is 0 Å². The van der Waals surface area contributed by atoms with Crippen molar-refractivity contribution in [2.75, 3.05) is 6.54 Å². The van der Waals surface area contributed by atoms with Crippen LogP contribution in [-0.4, -0.2) is 23.4 Å². The number of rotatable bonds is 2. The van der Waals surface area contributed by atoms with Gasteiger partial charge in [0.1, 0.15) is 0 Å². The average Bonchev–Trinajstić information content (AvgIpc) is 2.59. The van der Waals surface area contributed by atoms with Gasteiger partial charge in [-0.25, -0.2) is 4.98 Å². The van der Waals surface area contributed by atoms with Gasteiger partial charge in [-0.2, -0.15) is 0 Å². The number of piperidine rings is 1. The van der Waals surface area contributed by atoms with E-state index in [-0.39, 0.29) is 11.8 Å². The van der Waals surface area contributed by atoms with Gasteiger partial charge in [-0.3, -0.25) is 4.79 Å². The molecule has 0 spiro atoms. The molecule has 0 radical (unpaired) electrons. The molecule has 1 N–H and O–H groups in total. The second-order valence-electron chi connectivity index (χ2n) is 4.03. The number of hydrogen-bond acceptors (Lipinski definition) is 4. The van der Waals surface area contributed by atoms with Gasteiger partial charge in [0.05, 0.1) is 11.7 Å². The number of hydrogen-bond donors (Lipinski definition) is 1. The Balaban J connectivity index is 2.12. The van der Waals surface area contributed by atoms with Crippen LogP contribution in [0.15, 0.2) is 0 Å². The van der Waals surface area contributed by atoms with Crippen molar-refractivity contribution in [3.05, 3.63) is 15.6 Å². The maximum absolute atomic E-state index is 12.1. The van der Waals surface area contributed by atoms with Crippen LogP contribution in [0.4, 0.5) is 0 Å². The second-order valence-corrected chi connectivity index (χ2v) is 5.23. The van der Waals surface area contributed by atoms with Gasteiger partial charge in [0.2, 0.25) is 5.78 Å². The smallest absolute Gasteiger partial charge is 0.208 e. The molecule has 1 fully saturated rings. The first kappa shape index (κ1) is 10.8. The quantitative estimate of drug-likeness (QED) is 0.782. The van der Waals surface area contributed by atoms with E-state index in [9.17, 15) is 4.79 Å². The summed E-state index contributed by atoms with van der Waals surface area (Å²) < 4.78 is 0. The molecular formula is C11H16N2OS. The summed E-state index contributed by atoms with van der Waals surface area (Å²) in [5, 5.41) is 3.93. The van der Waals surface area contributed by atoms with Crippen LogP contribution in [0, 0.1) is 13.8 Å². The molecule has 0 aromatic carbocycles. The Kier molecular flexibility index (Phi) is 3.17. The molecule has 4 heteroatoms. The molecule has 1 aromatic rings. The largest absolute Gasteiger partial charge is 0.307 e. The fourth-order valence-electron chi connectivity index (χ4n) is 1.80. The Morgan fingerprint density at radius 2 is 2.27 bits per heavy atom. The zero-order valence-corrected chi connectivity index (χ0v) is 9.99. The fourth-order valence-corrected chi connectivity index (χ4v) is 2.71. The summed E-state index contributed by atoms with van der Waals surface area (Å²) in [4.78, 5) is 17.5. The van der Waals surface area contributed by atoms with Gasteiger partial charge in [0.25, 0.3) is 0 Å². The van der Waals surface area contributed by atoms with E-state index in [4.69, 9.17) is 0 Å². The first-order chi connectivity index (χ1) is 7.18. The molecule has 82 valence electrons. The van der Waals surface area contributed by atoms with Crippen molar-refractivity contribution in [2.24, 2.45) is 0 Å². The minimum Gasteiger partial charge on any atom is -0.307 e. The van der Waals surface area contributed by atoms with Crippen molar-refractivity contribution < 1.29 is 4.79 Å². The first-order valence-electron chi connectivity index (χ1n) is 5.40. The molecule has 3 nitrogen and oxygen atoms in total. The Morgan fingerprint density at radius 3 is 2.80 bits per heavy atom. The van der Waals surface area contributed by atoms with Crippen molar-refractivity contribution in [2.45, 2.75) is 39.2 Å². The number of carbonyl (C=O) groups excluding carboxylic acids is 1. The molecule has 1 aliphatic rings. The van der Waals surface area contributed by atoms with Crippen LogP contribution in [0.1, 0.15) is 39.6 Å². The van der Waals surface area contributed by atoms with Crippen LogP contribution in [0.25, 0.3) is 0 Å². The van der Waals surface area contributed by atoms with Crippen molar-refractivity contribution in [3.8, 4) is 0 Å². The van der Waals surface area contributed by atoms with Crippen LogP contribution in [0.5, 0.6) is 0 Å². The van der Waals surface area contributed by atoms with Crippen LogP contribution in [-0.2, 0) is 0 Å². The number of aromatic nitrogens is 1. The highest BCUT2D eigenvalue weighted by Crippen LogP contribution is 2.20. The molecule has 15 heavy (non-hydrogen) atoms. The van der Waals surface area contributed by atoms with Crippen LogP contribution in [0.2, 0.25) is 0 Å². The lowest BCUT2D eigenvalue weighted by atomic mass is 10.0. The van der Waals surface area contributed by atoms with Gasteiger partial charge >= 0.3 is 0 Å². The number of aryl methyl sites for hydroxylation is 2. The van der Waals surface area contributed by atoms with Gasteiger partial charge in [-0.1, -0.05) is 6.42 Å². The summed E-state index contributed by atoms with van der Waals surface area (Å²) >= 11 is 1.52. The number of Topliss-reactive ketones (excluding diaryl/α,β-unsaturated/α-hetero) is 1. The zero-order chi connectivity index (χ0) is 10.8. The van der Waals surface area contributed by atoms with E-state index in [1.54, 1.807) is 0 Å². The van der Waals surface area contributed by atoms with E-state index in [2.05, 4.69) is 10.3 Å². The monoisotopic (exact) mass is 224 g/mol. The Bertz CT molecular complexity index is 347. The fraction of sp³-hybridized carbons (Fsp3) is 0.636. The predicted molar refractivity (Wildman–Crippen MR) is 61.6 cm³/mol. The normalized spacial score (nSPS) is 21.6. The van der Waals surface area contributed by atoms with E-state index < -0.39 is 0 Å². The minimum atomic E-state index is 0.00343. The standard InChI is InChI=1S/C11H16N2OS/c1-7-8(2)15-11(13-7)10(14)9-5-3-4-6-12-9/h9,12H,3-6H2,1-2H3. The topological polar surface area (TPSA) is 42.0 Å². The van der Waals surface area contributed by atoms with Gasteiger partial charge < -0.3 is 5.32 Å². The Morgan fingerprint density at radius 1 is 1.47 bits per heavy atom. The average molecular weight is 224 g/mol. The van der Waals surface area contributed by atoms with Gasteiger partial charge in [-0.05, 0) is 33.2 Å². The molecule has 0 aliphatic carbocycles. The number of thiazole rings is 1. The Hall–Kier alpha value is -0.740. The summed E-state index contributed by atoms with van der Waals surface area (Å²) in [6.45, 7) is 4.93. The molecule has 1 unspecified atom stereocenters. The molecule has 1 saturated heterocycles. The van der Waals surface area contributed by atoms with Crippen LogP contribution >= 0.6 is 11.3 Å². The summed E-state index contributed by atoms with van der Waals surface area (Å²) in [6, 6.07) is 0.00343. The highest BCUT2D eigenvalue weighted by atomic mass is 32.1. The molecule has 0 bridgehead atoms. The molecule has 2 heterocycles. The Labute approximate surface area is 93.9 Å². The third kappa shape index (κ3) is 2.26. The van der Waals surface area contributed by atoms with Crippen molar-refractivity contribution >= 4 is 17.1 Å². The molecular weight excluding hydrogens is 208 g/mol. The highest BCUT2D eigenvalue weighted by Gasteiger charge is 2.24. The molecule has 0 saturated carbocycles. The molecule has 1 aliphatic heterocycles. The van der Waals surface area contributed by atoms with Gasteiger partial charge in [0, 0.05) is 4.88 Å². The predicted octanol–water partition coefficient (Wildman–Crippen LogP) is 2.08. The molecule has 1 atom stereocenters. The lowest BCUT2D eigenvalue weighted by Crippen LogP contribution is -2.40. The molecule has 2 rings (SSSR count). The van der Waals surface area contributed by atoms with E-state index in [0.29, 0.717) is 5.01 Å². The van der Waals surface area contributed by atoms with Crippen molar-refractivity contribution in [3.63, 3.8) is 0 Å². The minimum absolute atomic E-state index is 0.00343. The number of nitrogens with zero attached hydrogens (tertiary/aromatic N) is 1. The van der Waals surface area contributed by atoms with E-state index in [0.717, 1.165) is 30.0 Å². The maximum Gasteiger partial charge on any atom is 0.208 e. The second kappa shape index (κ2) is 4.41. The first-order valence-corrected chi connectivity index (χ1v) is 6.22. The van der Waals surface area contributed by atoms with E-state index in [1.807, 2.05) is 13.8 Å². The SMILES string of the molecule is Cc1nc(C(=O)C2CCCCN2)sc1C. The van der Waals surface area contributed by atoms with Gasteiger partial charge in [0.15, 0.2) is 5.01 Å². The number of carbonyl (C=O) groups is 1. The highest BCUT2D eigenvalue weighted by molar-refractivity contribution is 7.13. The summed E-state index contributed by atoms with van der Waals surface area (Å²) in [5.74, 6) is 0.177. The zero-order valence-electron chi connectivity index (χ0n) is 9.17. The van der Waals surface area contributed by atoms with E-state index >= 15 is 0 Å². The third-order valence-electron chi connectivity index (χ3n) is 2.87. The molecule has 0 amide bonds. The van der Waals surface area contributed by atoms with Crippen LogP contribution < -0.4 is 5.32 Å².